The number of anilines is 1. The lowest BCUT2D eigenvalue weighted by Crippen LogP contribution is -2.39. The molecule has 19 heavy (non-hydrogen) atoms. The largest absolute Gasteiger partial charge is 0.389 e. The number of hydrogen-bond acceptors (Lipinski definition) is 3. The van der Waals surface area contributed by atoms with Gasteiger partial charge in [0.15, 0.2) is 0 Å². The van der Waals surface area contributed by atoms with Gasteiger partial charge in [-0.1, -0.05) is 31.3 Å². The molecule has 0 spiro atoms. The van der Waals surface area contributed by atoms with Crippen molar-refractivity contribution < 1.29 is 0 Å². The van der Waals surface area contributed by atoms with Crippen molar-refractivity contribution in [3.63, 3.8) is 0 Å². The molecule has 0 aromatic heterocycles. The van der Waals surface area contributed by atoms with E-state index in [1.165, 1.54) is 19.4 Å². The minimum absolute atomic E-state index is 0.473. The van der Waals surface area contributed by atoms with E-state index >= 15 is 0 Å². The fourth-order valence-electron chi connectivity index (χ4n) is 2.95. The van der Waals surface area contributed by atoms with Gasteiger partial charge >= 0.3 is 0 Å². The Balaban J connectivity index is 2.11. The molecule has 1 aromatic carbocycles. The molecule has 1 aliphatic heterocycles. The first kappa shape index (κ1) is 14.3. The molecule has 2 rings (SSSR count). The summed E-state index contributed by atoms with van der Waals surface area (Å²) in [6, 6.07) is 8.77. The van der Waals surface area contributed by atoms with Crippen molar-refractivity contribution in [3.05, 3.63) is 29.8 Å². The van der Waals surface area contributed by atoms with Crippen LogP contribution < -0.4 is 10.6 Å². The van der Waals surface area contributed by atoms with Gasteiger partial charge in [-0.05, 0) is 38.1 Å². The van der Waals surface area contributed by atoms with Crippen molar-refractivity contribution in [1.82, 2.24) is 4.90 Å². The van der Waals surface area contributed by atoms with Crippen LogP contribution in [0.25, 0.3) is 0 Å². The van der Waals surface area contributed by atoms with Crippen LogP contribution >= 0.6 is 12.2 Å². The van der Waals surface area contributed by atoms with E-state index in [-0.39, 0.29) is 0 Å². The molecule has 0 saturated carbocycles. The highest BCUT2D eigenvalue weighted by molar-refractivity contribution is 7.80. The molecule has 0 amide bonds. The molecule has 1 saturated heterocycles. The lowest BCUT2D eigenvalue weighted by Gasteiger charge is -2.30. The normalized spacial score (nSPS) is 19.6. The first-order valence-electron chi connectivity index (χ1n) is 6.97. The maximum absolute atomic E-state index is 5.81. The number of hydrogen-bond donors (Lipinski definition) is 1. The highest BCUT2D eigenvalue weighted by Crippen LogP contribution is 2.23. The second kappa shape index (κ2) is 6.35. The van der Waals surface area contributed by atoms with Crippen molar-refractivity contribution in [3.8, 4) is 0 Å². The lowest BCUT2D eigenvalue weighted by atomic mass is 10.1. The molecule has 0 radical (unpaired) electrons. The molecule has 1 aliphatic rings. The standard InChI is InChI=1S/C15H23N3S/c1-3-18-10-6-7-12(18)11-17(2)14-9-5-4-8-13(14)15(16)19/h4-5,8-9,12H,3,6-7,10-11H2,1-2H3,(H2,16,19). The van der Waals surface area contributed by atoms with Crippen LogP contribution in [0, 0.1) is 0 Å². The van der Waals surface area contributed by atoms with E-state index in [0.29, 0.717) is 11.0 Å². The highest BCUT2D eigenvalue weighted by Gasteiger charge is 2.24. The molecular formula is C15H23N3S. The van der Waals surface area contributed by atoms with Gasteiger partial charge < -0.3 is 10.6 Å². The average Bonchev–Trinajstić information content (AvgIpc) is 2.85. The summed E-state index contributed by atoms with van der Waals surface area (Å²) in [6.07, 6.45) is 2.59. The van der Waals surface area contributed by atoms with Gasteiger partial charge in [-0.2, -0.15) is 0 Å². The quantitative estimate of drug-likeness (QED) is 0.837. The number of thiocarbonyl (C=S) groups is 1. The first-order chi connectivity index (χ1) is 9.13. The van der Waals surface area contributed by atoms with Crippen molar-refractivity contribution in [1.29, 1.82) is 0 Å². The fourth-order valence-corrected chi connectivity index (χ4v) is 3.12. The van der Waals surface area contributed by atoms with Crippen LogP contribution in [-0.2, 0) is 0 Å². The van der Waals surface area contributed by atoms with Crippen LogP contribution in [0.5, 0.6) is 0 Å². The van der Waals surface area contributed by atoms with E-state index in [1.54, 1.807) is 0 Å². The van der Waals surface area contributed by atoms with Gasteiger partial charge in [-0.15, -0.1) is 0 Å². The van der Waals surface area contributed by atoms with Crippen LogP contribution in [-0.4, -0.2) is 42.6 Å². The van der Waals surface area contributed by atoms with Crippen LogP contribution in [0.15, 0.2) is 24.3 Å². The Bertz CT molecular complexity index is 447. The minimum Gasteiger partial charge on any atom is -0.389 e. The van der Waals surface area contributed by atoms with Gasteiger partial charge in [0.05, 0.1) is 0 Å². The third kappa shape index (κ3) is 3.25. The number of nitrogens with zero attached hydrogens (tertiary/aromatic N) is 2. The van der Waals surface area contributed by atoms with Crippen LogP contribution in [0.1, 0.15) is 25.3 Å². The summed E-state index contributed by atoms with van der Waals surface area (Å²) in [6.45, 7) is 5.64. The van der Waals surface area contributed by atoms with Crippen LogP contribution in [0.3, 0.4) is 0 Å². The maximum atomic E-state index is 5.81. The Hall–Kier alpha value is -1.13. The summed E-state index contributed by atoms with van der Waals surface area (Å²) in [5.74, 6) is 0. The molecule has 1 fully saturated rings. The van der Waals surface area contributed by atoms with Crippen LogP contribution in [0.2, 0.25) is 0 Å². The van der Waals surface area contributed by atoms with E-state index in [2.05, 4.69) is 29.8 Å². The Morgan fingerprint density at radius 1 is 1.47 bits per heavy atom. The molecule has 4 heteroatoms. The zero-order valence-corrected chi connectivity index (χ0v) is 12.6. The topological polar surface area (TPSA) is 32.5 Å². The maximum Gasteiger partial charge on any atom is 0.106 e. The van der Waals surface area contributed by atoms with Gasteiger partial charge in [0.2, 0.25) is 0 Å². The molecular weight excluding hydrogens is 254 g/mol. The predicted molar refractivity (Wildman–Crippen MR) is 85.9 cm³/mol. The Morgan fingerprint density at radius 3 is 2.89 bits per heavy atom. The molecule has 0 bridgehead atoms. The molecule has 104 valence electrons. The fraction of sp³-hybridized carbons (Fsp3) is 0.533. The van der Waals surface area contributed by atoms with E-state index in [9.17, 15) is 0 Å². The van der Waals surface area contributed by atoms with Crippen LogP contribution in [0.4, 0.5) is 5.69 Å². The van der Waals surface area contributed by atoms with Gasteiger partial charge in [0.25, 0.3) is 0 Å². The summed E-state index contributed by atoms with van der Waals surface area (Å²) in [7, 11) is 2.13. The zero-order valence-electron chi connectivity index (χ0n) is 11.8. The molecule has 1 aromatic rings. The molecule has 2 N–H and O–H groups in total. The minimum atomic E-state index is 0.473. The molecule has 0 aliphatic carbocycles. The van der Waals surface area contributed by atoms with Crippen molar-refractivity contribution >= 4 is 22.9 Å². The number of rotatable bonds is 5. The summed E-state index contributed by atoms with van der Waals surface area (Å²) in [5, 5.41) is 0. The molecule has 3 nitrogen and oxygen atoms in total. The van der Waals surface area contributed by atoms with E-state index in [1.807, 2.05) is 18.2 Å². The first-order valence-corrected chi connectivity index (χ1v) is 7.38. The average molecular weight is 277 g/mol. The smallest absolute Gasteiger partial charge is 0.106 e. The number of benzene rings is 1. The zero-order chi connectivity index (χ0) is 13.8. The second-order valence-corrected chi connectivity index (χ2v) is 5.63. The van der Waals surface area contributed by atoms with Crippen molar-refractivity contribution in [2.75, 3.05) is 31.6 Å². The van der Waals surface area contributed by atoms with E-state index in [0.717, 1.165) is 24.3 Å². The number of nitrogens with two attached hydrogens (primary N) is 1. The number of likely N-dealkylation sites (N-methyl/N-ethyl adjacent to an activating group) is 2. The molecule has 1 atom stereocenters. The summed E-state index contributed by atoms with van der Waals surface area (Å²) < 4.78 is 0. The molecule has 1 heterocycles. The number of likely N-dealkylation sites (tertiary alicyclic amines) is 1. The van der Waals surface area contributed by atoms with E-state index < -0.39 is 0 Å². The van der Waals surface area contributed by atoms with Crippen molar-refractivity contribution in [2.45, 2.75) is 25.8 Å². The third-order valence-electron chi connectivity index (χ3n) is 3.97. The Kier molecular flexibility index (Phi) is 4.77. The van der Waals surface area contributed by atoms with E-state index in [4.69, 9.17) is 18.0 Å². The van der Waals surface area contributed by atoms with Gasteiger partial charge in [0.1, 0.15) is 4.99 Å². The SMILES string of the molecule is CCN1CCCC1CN(C)c1ccccc1C(N)=S. The lowest BCUT2D eigenvalue weighted by molar-refractivity contribution is 0.270. The second-order valence-electron chi connectivity index (χ2n) is 5.19. The molecule has 1 unspecified atom stereocenters. The Labute approximate surface area is 121 Å². The monoisotopic (exact) mass is 277 g/mol. The summed E-state index contributed by atoms with van der Waals surface area (Å²) in [5.41, 5.74) is 7.92. The van der Waals surface area contributed by atoms with Gasteiger partial charge in [0, 0.05) is 30.9 Å². The summed E-state index contributed by atoms with van der Waals surface area (Å²) >= 11 is 5.14. The van der Waals surface area contributed by atoms with Gasteiger partial charge in [-0.25, -0.2) is 0 Å². The third-order valence-corrected chi connectivity index (χ3v) is 4.19. The van der Waals surface area contributed by atoms with Gasteiger partial charge in [-0.3, -0.25) is 4.90 Å². The van der Waals surface area contributed by atoms with Crippen molar-refractivity contribution in [2.24, 2.45) is 5.73 Å². The highest BCUT2D eigenvalue weighted by atomic mass is 32.1. The Morgan fingerprint density at radius 2 is 2.21 bits per heavy atom. The summed E-state index contributed by atoms with van der Waals surface area (Å²) in [4.78, 5) is 5.31. The predicted octanol–water partition coefficient (Wildman–Crippen LogP) is 2.24. The number of para-hydroxylation sites is 1.